The Kier molecular flexibility index (Phi) is 6.52. The third kappa shape index (κ3) is 3.79. The fourth-order valence-corrected chi connectivity index (χ4v) is 4.16. The number of nitrogens with one attached hydrogen (secondary N) is 1. The summed E-state index contributed by atoms with van der Waals surface area (Å²) in [6.45, 7) is 1.37. The first-order valence-electron chi connectivity index (χ1n) is 9.77. The van der Waals surface area contributed by atoms with E-state index in [9.17, 15) is 19.7 Å². The van der Waals surface area contributed by atoms with Crippen molar-refractivity contribution in [1.82, 2.24) is 5.32 Å². The lowest BCUT2D eigenvalue weighted by Gasteiger charge is -2.20. The first kappa shape index (κ1) is 22.9. The molecule has 2 aromatic carbocycles. The maximum Gasteiger partial charge on any atom is 0.318 e. The molecule has 1 amide bonds. The summed E-state index contributed by atoms with van der Waals surface area (Å²) in [7, 11) is 5.47. The van der Waals surface area contributed by atoms with Crippen molar-refractivity contribution in [1.29, 1.82) is 0 Å². The molecule has 1 N–H and O–H groups in total. The van der Waals surface area contributed by atoms with Gasteiger partial charge < -0.3 is 24.3 Å². The van der Waals surface area contributed by atoms with E-state index in [1.165, 1.54) is 47.5 Å². The minimum Gasteiger partial charge on any atom is -0.493 e. The topological polar surface area (TPSA) is 126 Å². The molecule has 1 aliphatic carbocycles. The summed E-state index contributed by atoms with van der Waals surface area (Å²) in [5.74, 6) is 0.0251. The van der Waals surface area contributed by atoms with Crippen molar-refractivity contribution in [2.75, 3.05) is 28.4 Å². The van der Waals surface area contributed by atoms with E-state index >= 15 is 0 Å². The standard InChI is InChI=1S/C22H24N2O8/c1-11(25)23-15-8-6-13-18(12-7-9-17(29-2)16(26)10-14(12)15)20(30-3)22(32-5)21(31-4)19(13)24(27)28/h7,9-10,15H,6,8H2,1-5H3,(H,23,25)/t15-/m0/s1. The molecule has 0 unspecified atom stereocenters. The van der Waals surface area contributed by atoms with Crippen LogP contribution in [0.25, 0.3) is 11.1 Å². The second kappa shape index (κ2) is 9.13. The number of rotatable bonds is 6. The number of methoxy groups -OCH3 is 4. The van der Waals surface area contributed by atoms with E-state index < -0.39 is 11.0 Å². The van der Waals surface area contributed by atoms with Crippen molar-refractivity contribution in [3.8, 4) is 34.1 Å². The van der Waals surface area contributed by atoms with Crippen LogP contribution in [0.2, 0.25) is 0 Å². The Hall–Kier alpha value is -3.82. The number of nitro benzene ring substituents is 1. The number of carbonyl (C=O) groups excluding carboxylic acids is 1. The highest BCUT2D eigenvalue weighted by molar-refractivity contribution is 5.88. The van der Waals surface area contributed by atoms with Gasteiger partial charge in [-0.1, -0.05) is 6.07 Å². The largest absolute Gasteiger partial charge is 0.493 e. The summed E-state index contributed by atoms with van der Waals surface area (Å²) in [5.41, 5.74) is 1.09. The van der Waals surface area contributed by atoms with Gasteiger partial charge in [-0.05, 0) is 36.1 Å². The van der Waals surface area contributed by atoms with E-state index in [1.807, 2.05) is 0 Å². The highest BCUT2D eigenvalue weighted by Crippen LogP contribution is 2.55. The summed E-state index contributed by atoms with van der Waals surface area (Å²) in [6.07, 6.45) is 0.530. The van der Waals surface area contributed by atoms with E-state index in [4.69, 9.17) is 18.9 Å². The molecule has 170 valence electrons. The Bertz CT molecular complexity index is 1150. The number of fused-ring (bicyclic) bond motifs is 3. The van der Waals surface area contributed by atoms with E-state index in [0.29, 0.717) is 28.7 Å². The van der Waals surface area contributed by atoms with Crippen LogP contribution in [0.5, 0.6) is 23.0 Å². The normalized spacial score (nSPS) is 14.3. The van der Waals surface area contributed by atoms with Crippen LogP contribution in [0.1, 0.15) is 30.5 Å². The molecule has 0 bridgehead atoms. The number of nitro groups is 1. The summed E-state index contributed by atoms with van der Waals surface area (Å²) < 4.78 is 21.6. The quantitative estimate of drug-likeness (QED) is 0.532. The summed E-state index contributed by atoms with van der Waals surface area (Å²) in [5, 5.41) is 15.0. The molecule has 0 spiro atoms. The molecule has 1 atom stereocenters. The zero-order chi connectivity index (χ0) is 23.6. The number of benzene rings is 1. The molecular formula is C22H24N2O8. The van der Waals surface area contributed by atoms with Crippen LogP contribution in [0.4, 0.5) is 5.69 Å². The molecule has 0 heterocycles. The zero-order valence-electron chi connectivity index (χ0n) is 18.4. The van der Waals surface area contributed by atoms with Gasteiger partial charge in [0.25, 0.3) is 0 Å². The minimum atomic E-state index is -0.569. The van der Waals surface area contributed by atoms with Gasteiger partial charge in [0, 0.05) is 18.1 Å². The Morgan fingerprint density at radius 2 is 1.72 bits per heavy atom. The zero-order valence-corrected chi connectivity index (χ0v) is 18.4. The van der Waals surface area contributed by atoms with Crippen LogP contribution in [0.15, 0.2) is 23.0 Å². The first-order chi connectivity index (χ1) is 15.3. The molecule has 2 aromatic rings. The molecule has 0 fully saturated rings. The van der Waals surface area contributed by atoms with Gasteiger partial charge >= 0.3 is 5.69 Å². The van der Waals surface area contributed by atoms with E-state index in [2.05, 4.69) is 5.32 Å². The predicted octanol–water partition coefficient (Wildman–Crippen LogP) is 2.78. The van der Waals surface area contributed by atoms with Gasteiger partial charge in [0.05, 0.1) is 39.4 Å². The molecule has 0 saturated heterocycles. The summed E-state index contributed by atoms with van der Waals surface area (Å²) in [6, 6.07) is 3.93. The van der Waals surface area contributed by atoms with E-state index in [-0.39, 0.29) is 46.4 Å². The SMILES string of the molecule is COc1c(OC)c2c(c([N+](=O)[O-])c1OC)CC[C@H](NC(C)=O)c1cc(=O)c(OC)ccc1-2. The van der Waals surface area contributed by atoms with Gasteiger partial charge in [-0.25, -0.2) is 0 Å². The van der Waals surface area contributed by atoms with Gasteiger partial charge in [-0.2, -0.15) is 0 Å². The van der Waals surface area contributed by atoms with Crippen molar-refractivity contribution in [2.45, 2.75) is 25.8 Å². The van der Waals surface area contributed by atoms with Crippen LogP contribution >= 0.6 is 0 Å². The third-order valence-corrected chi connectivity index (χ3v) is 5.40. The Morgan fingerprint density at radius 1 is 1.06 bits per heavy atom. The van der Waals surface area contributed by atoms with Crippen molar-refractivity contribution >= 4 is 11.6 Å². The molecule has 0 saturated carbocycles. The van der Waals surface area contributed by atoms with Gasteiger partial charge in [-0.3, -0.25) is 19.7 Å². The second-order valence-electron chi connectivity index (χ2n) is 7.13. The fraction of sp³-hybridized carbons (Fsp3) is 0.364. The molecular weight excluding hydrogens is 420 g/mol. The number of ether oxygens (including phenoxy) is 4. The fourth-order valence-electron chi connectivity index (χ4n) is 4.16. The molecule has 32 heavy (non-hydrogen) atoms. The van der Waals surface area contributed by atoms with Crippen molar-refractivity contribution < 1.29 is 28.7 Å². The number of hydrogen-bond donors (Lipinski definition) is 1. The molecule has 0 aliphatic heterocycles. The van der Waals surface area contributed by atoms with Gasteiger partial charge in [-0.15, -0.1) is 0 Å². The molecule has 0 radical (unpaired) electrons. The van der Waals surface area contributed by atoms with Crippen LogP contribution < -0.4 is 29.7 Å². The Balaban J connectivity index is 2.55. The molecule has 10 nitrogen and oxygen atoms in total. The minimum absolute atomic E-state index is 0.0602. The molecule has 1 aliphatic rings. The van der Waals surface area contributed by atoms with Crippen molar-refractivity contribution in [3.05, 3.63) is 49.7 Å². The maximum absolute atomic E-state index is 12.7. The maximum atomic E-state index is 12.7. The van der Waals surface area contributed by atoms with Crippen LogP contribution in [-0.2, 0) is 11.2 Å². The highest BCUT2D eigenvalue weighted by atomic mass is 16.6. The summed E-state index contributed by atoms with van der Waals surface area (Å²) >= 11 is 0. The lowest BCUT2D eigenvalue weighted by atomic mass is 9.94. The van der Waals surface area contributed by atoms with Gasteiger partial charge in [0.1, 0.15) is 0 Å². The average molecular weight is 444 g/mol. The number of hydrogen-bond acceptors (Lipinski definition) is 8. The first-order valence-corrected chi connectivity index (χ1v) is 9.77. The van der Waals surface area contributed by atoms with Crippen LogP contribution in [-0.4, -0.2) is 39.3 Å². The number of carbonyl (C=O) groups is 1. The lowest BCUT2D eigenvalue weighted by molar-refractivity contribution is -0.386. The number of amides is 1. The van der Waals surface area contributed by atoms with Gasteiger partial charge in [0.2, 0.25) is 22.8 Å². The molecule has 3 rings (SSSR count). The second-order valence-corrected chi connectivity index (χ2v) is 7.13. The van der Waals surface area contributed by atoms with Crippen LogP contribution in [0, 0.1) is 10.1 Å². The highest BCUT2D eigenvalue weighted by Gasteiger charge is 2.37. The lowest BCUT2D eigenvalue weighted by Crippen LogP contribution is -2.26. The predicted molar refractivity (Wildman–Crippen MR) is 116 cm³/mol. The van der Waals surface area contributed by atoms with Crippen LogP contribution in [0.3, 0.4) is 0 Å². The Morgan fingerprint density at radius 3 is 2.25 bits per heavy atom. The molecule has 0 aromatic heterocycles. The summed E-state index contributed by atoms with van der Waals surface area (Å²) in [4.78, 5) is 36.2. The van der Waals surface area contributed by atoms with E-state index in [1.54, 1.807) is 6.07 Å². The monoisotopic (exact) mass is 444 g/mol. The number of nitrogens with zero attached hydrogens (tertiary/aromatic N) is 1. The third-order valence-electron chi connectivity index (χ3n) is 5.40. The van der Waals surface area contributed by atoms with Crippen molar-refractivity contribution in [2.24, 2.45) is 0 Å². The van der Waals surface area contributed by atoms with Crippen molar-refractivity contribution in [3.63, 3.8) is 0 Å². The smallest absolute Gasteiger partial charge is 0.318 e. The van der Waals surface area contributed by atoms with E-state index in [0.717, 1.165) is 0 Å². The average Bonchev–Trinajstić information content (AvgIpc) is 3.00. The Labute approximate surface area is 184 Å². The van der Waals surface area contributed by atoms with Gasteiger partial charge in [0.15, 0.2) is 11.5 Å². The molecule has 10 heteroatoms.